The molecule has 8 aromatic carbocycles. The van der Waals surface area contributed by atoms with Crippen molar-refractivity contribution < 1.29 is 0 Å². The van der Waals surface area contributed by atoms with Crippen LogP contribution in [0.3, 0.4) is 0 Å². The summed E-state index contributed by atoms with van der Waals surface area (Å²) in [5.74, 6) is 1.66. The fraction of sp³-hybridized carbons (Fsp3) is 0.0139. The van der Waals surface area contributed by atoms with Crippen LogP contribution >= 0.6 is 35.3 Å². The Morgan fingerprint density at radius 1 is 0.329 bits per heavy atom. The van der Waals surface area contributed by atoms with Gasteiger partial charge in [0.05, 0.1) is 44.1 Å². The van der Waals surface area contributed by atoms with Crippen molar-refractivity contribution >= 4 is 141 Å². The van der Waals surface area contributed by atoms with E-state index >= 15 is 0 Å². The summed E-state index contributed by atoms with van der Waals surface area (Å²) >= 11 is 7.16. The monoisotopic (exact) mass is 1140 g/mol. The number of thiophene rings is 2. The standard InChI is InChI=1S/C71H40N10S2.CH4S/c1-3-21-57-51(15-1)65-61(23-9-31-74-65)79(57)45-13-5-11-41(35-45)47-17-7-19-49-53-37-43(25-27-63(53)82-67(47)49)69-76-70(78-71(77-69)81-59-29-33-72-39-55(59)56-40-73-34-30-60(56)81)44-26-28-64-54(38-44)50-20-8-18-48(68(50)83-64)42-12-6-14-46(36-42)80-58-22-4-2-16-52(58)66-62(80)24-10-32-75-66;1-2/h1-40H;2H,1H3. The van der Waals surface area contributed by atoms with Gasteiger partial charge in [0.25, 0.3) is 0 Å². The minimum absolute atomic E-state index is 0.510. The van der Waals surface area contributed by atoms with Gasteiger partial charge in [0.15, 0.2) is 11.6 Å². The summed E-state index contributed by atoms with van der Waals surface area (Å²) in [6, 6.07) is 73.7. The Bertz CT molecular complexity index is 5300. The Morgan fingerprint density at radius 2 is 0.776 bits per heavy atom. The first-order valence-corrected chi connectivity index (χ1v) is 30.4. The van der Waals surface area contributed by atoms with E-state index in [1.165, 1.54) is 40.7 Å². The smallest absolute Gasteiger partial charge is 0.238 e. The number of pyridine rings is 4. The second-order valence-electron chi connectivity index (χ2n) is 20.9. The second-order valence-corrected chi connectivity index (χ2v) is 23.0. The average Bonchev–Trinajstić information content (AvgIpc) is 4.59. The molecule has 18 rings (SSSR count). The van der Waals surface area contributed by atoms with E-state index < -0.39 is 0 Å². The van der Waals surface area contributed by atoms with Gasteiger partial charge in [-0.25, -0.2) is 4.98 Å². The molecule has 0 unspecified atom stereocenters. The molecule has 0 spiro atoms. The fourth-order valence-corrected chi connectivity index (χ4v) is 15.2. The average molecular weight is 1150 g/mol. The van der Waals surface area contributed by atoms with Gasteiger partial charge in [-0.3, -0.25) is 24.5 Å². The van der Waals surface area contributed by atoms with Crippen LogP contribution in [0.25, 0.3) is 168 Å². The highest BCUT2D eigenvalue weighted by molar-refractivity contribution is 7.79. The molecule has 0 fully saturated rings. The highest BCUT2D eigenvalue weighted by Gasteiger charge is 2.22. The lowest BCUT2D eigenvalue weighted by Gasteiger charge is -2.11. The predicted molar refractivity (Wildman–Crippen MR) is 356 cm³/mol. The van der Waals surface area contributed by atoms with Gasteiger partial charge in [-0.1, -0.05) is 97.1 Å². The Hall–Kier alpha value is -10.4. The van der Waals surface area contributed by atoms with E-state index in [9.17, 15) is 0 Å². The molecule has 10 heterocycles. The highest BCUT2D eigenvalue weighted by Crippen LogP contribution is 2.45. The summed E-state index contributed by atoms with van der Waals surface area (Å²) in [6.45, 7) is 0. The highest BCUT2D eigenvalue weighted by atomic mass is 32.1. The third kappa shape index (κ3) is 7.67. The maximum absolute atomic E-state index is 5.40. The zero-order valence-corrected chi connectivity index (χ0v) is 47.9. The molecule has 18 aromatic rings. The van der Waals surface area contributed by atoms with Gasteiger partial charge >= 0.3 is 0 Å². The first kappa shape index (κ1) is 49.2. The van der Waals surface area contributed by atoms with Crippen LogP contribution in [0, 0.1) is 0 Å². The van der Waals surface area contributed by atoms with Crippen molar-refractivity contribution in [2.45, 2.75) is 0 Å². The predicted octanol–water partition coefficient (Wildman–Crippen LogP) is 18.7. The Labute approximate surface area is 498 Å². The molecule has 0 aliphatic carbocycles. The lowest BCUT2D eigenvalue weighted by molar-refractivity contribution is 0.953. The molecule has 400 valence electrons. The van der Waals surface area contributed by atoms with E-state index in [-0.39, 0.29) is 0 Å². The molecular formula is C72H44N10S3. The van der Waals surface area contributed by atoms with Gasteiger partial charge < -0.3 is 9.13 Å². The van der Waals surface area contributed by atoms with E-state index in [0.29, 0.717) is 17.6 Å². The van der Waals surface area contributed by atoms with Crippen LogP contribution in [0.2, 0.25) is 0 Å². The van der Waals surface area contributed by atoms with Crippen molar-refractivity contribution in [1.82, 2.24) is 48.6 Å². The van der Waals surface area contributed by atoms with E-state index in [1.54, 1.807) is 6.26 Å². The minimum atomic E-state index is 0.510. The van der Waals surface area contributed by atoms with Gasteiger partial charge in [-0.2, -0.15) is 22.6 Å². The Morgan fingerprint density at radius 3 is 1.28 bits per heavy atom. The maximum atomic E-state index is 5.40. The molecule has 0 bridgehead atoms. The number of benzene rings is 8. The van der Waals surface area contributed by atoms with E-state index in [1.807, 2.05) is 84.1 Å². The molecule has 0 aliphatic rings. The molecule has 10 nitrogen and oxygen atoms in total. The number of para-hydroxylation sites is 2. The van der Waals surface area contributed by atoms with Crippen LogP contribution in [-0.2, 0) is 0 Å². The zero-order chi connectivity index (χ0) is 56.3. The summed E-state index contributed by atoms with van der Waals surface area (Å²) < 4.78 is 11.6. The zero-order valence-electron chi connectivity index (χ0n) is 45.3. The number of fused-ring (bicyclic) bond motifs is 15. The molecule has 85 heavy (non-hydrogen) atoms. The van der Waals surface area contributed by atoms with Crippen LogP contribution in [0.5, 0.6) is 0 Å². The number of thiol groups is 1. The SMILES string of the molecule is CS.c1cc(-c2cccc3c2sc2ccc(-c4nc(-c5ccc6sc7c(-c8cccc(-n9c%10ccccc%10c%10ncccc%109)c8)cccc7c6c5)nc(-n5c6ccncc6c6cnccc65)n4)cc23)cc(-n2c3ccccc3c3ncccc32)c1. The first-order valence-electron chi connectivity index (χ1n) is 27.9. The summed E-state index contributed by atoms with van der Waals surface area (Å²) in [7, 11) is 0. The van der Waals surface area contributed by atoms with Crippen LogP contribution in [0.1, 0.15) is 0 Å². The molecule has 0 atom stereocenters. The van der Waals surface area contributed by atoms with Crippen molar-refractivity contribution in [1.29, 1.82) is 0 Å². The van der Waals surface area contributed by atoms with Crippen LogP contribution in [0.4, 0.5) is 0 Å². The second kappa shape index (κ2) is 19.6. The minimum Gasteiger partial charge on any atom is -0.308 e. The number of rotatable bonds is 7. The number of hydrogen-bond donors (Lipinski definition) is 1. The van der Waals surface area contributed by atoms with Crippen molar-refractivity contribution in [3.05, 3.63) is 243 Å². The summed E-state index contributed by atoms with van der Waals surface area (Å²) in [6.07, 6.45) is 12.9. The molecule has 0 saturated carbocycles. The van der Waals surface area contributed by atoms with Gasteiger partial charge in [0.1, 0.15) is 0 Å². The van der Waals surface area contributed by atoms with Gasteiger partial charge in [0, 0.05) is 122 Å². The normalized spacial score (nSPS) is 11.9. The van der Waals surface area contributed by atoms with Crippen molar-refractivity contribution in [3.63, 3.8) is 0 Å². The lowest BCUT2D eigenvalue weighted by atomic mass is 10.0. The Balaban J connectivity index is 0.00000281. The number of nitrogens with zero attached hydrogens (tertiary/aromatic N) is 10. The fourth-order valence-electron chi connectivity index (χ4n) is 12.7. The van der Waals surface area contributed by atoms with Gasteiger partial charge in [-0.15, -0.1) is 22.7 Å². The molecular weight excluding hydrogens is 1100 g/mol. The molecule has 0 radical (unpaired) electrons. The molecule has 0 amide bonds. The summed E-state index contributed by atoms with van der Waals surface area (Å²) in [4.78, 5) is 34.8. The third-order valence-corrected chi connectivity index (χ3v) is 18.8. The molecule has 0 N–H and O–H groups in total. The van der Waals surface area contributed by atoms with E-state index in [0.717, 1.165) is 110 Å². The van der Waals surface area contributed by atoms with Crippen LogP contribution in [0.15, 0.2) is 243 Å². The molecule has 0 saturated heterocycles. The first-order chi connectivity index (χ1) is 42.1. The third-order valence-electron chi connectivity index (χ3n) is 16.4. The lowest BCUT2D eigenvalue weighted by Crippen LogP contribution is -2.06. The molecule has 13 heteroatoms. The van der Waals surface area contributed by atoms with Crippen molar-refractivity contribution in [2.24, 2.45) is 0 Å². The topological polar surface area (TPSA) is 105 Å². The summed E-state index contributed by atoms with van der Waals surface area (Å²) in [5, 5.41) is 8.86. The van der Waals surface area contributed by atoms with Crippen molar-refractivity contribution in [3.8, 4) is 62.4 Å². The largest absolute Gasteiger partial charge is 0.308 e. The summed E-state index contributed by atoms with van der Waals surface area (Å²) in [5.41, 5.74) is 16.9. The van der Waals surface area contributed by atoms with Crippen LogP contribution in [-0.4, -0.2) is 54.8 Å². The quantitative estimate of drug-likeness (QED) is 0.159. The molecule has 10 aromatic heterocycles. The van der Waals surface area contributed by atoms with E-state index in [4.69, 9.17) is 24.9 Å². The van der Waals surface area contributed by atoms with Crippen LogP contribution < -0.4 is 0 Å². The Kier molecular flexibility index (Phi) is 11.3. The number of aromatic nitrogens is 10. The number of hydrogen-bond acceptors (Lipinski definition) is 10. The molecule has 0 aliphatic heterocycles. The van der Waals surface area contributed by atoms with Gasteiger partial charge in [0.2, 0.25) is 5.95 Å². The van der Waals surface area contributed by atoms with Crippen molar-refractivity contribution in [2.75, 3.05) is 6.26 Å². The van der Waals surface area contributed by atoms with E-state index in [2.05, 4.69) is 218 Å². The maximum Gasteiger partial charge on any atom is 0.238 e. The van der Waals surface area contributed by atoms with Gasteiger partial charge in [-0.05, 0) is 138 Å².